The maximum Gasteiger partial charge on any atom is 0.0551 e. The molecule has 0 radical (unpaired) electrons. The zero-order valence-corrected chi connectivity index (χ0v) is 9.89. The fourth-order valence-corrected chi connectivity index (χ4v) is 1.03. The molecule has 1 aromatic rings. The molecule has 1 heterocycles. The summed E-state index contributed by atoms with van der Waals surface area (Å²) in [4.78, 5) is 2.87. The third-order valence-corrected chi connectivity index (χ3v) is 1.68. The minimum absolute atomic E-state index is 0.874. The van der Waals surface area contributed by atoms with Gasteiger partial charge in [0, 0.05) is 28.4 Å². The van der Waals surface area contributed by atoms with Crippen LogP contribution < -0.4 is 0 Å². The van der Waals surface area contributed by atoms with Crippen molar-refractivity contribution in [3.63, 3.8) is 0 Å². The van der Waals surface area contributed by atoms with Gasteiger partial charge in [-0.05, 0) is 12.1 Å². The van der Waals surface area contributed by atoms with Gasteiger partial charge in [-0.2, -0.15) is 0 Å². The molecule has 4 heteroatoms. The first-order chi connectivity index (χ1) is 5.81. The van der Waals surface area contributed by atoms with Crippen molar-refractivity contribution in [2.75, 3.05) is 18.1 Å². The van der Waals surface area contributed by atoms with E-state index in [9.17, 15) is 0 Å². The third-order valence-electron chi connectivity index (χ3n) is 0.969. The van der Waals surface area contributed by atoms with Crippen molar-refractivity contribution in [3.05, 3.63) is 29.0 Å². The predicted molar refractivity (Wildman–Crippen MR) is 62.4 cm³/mol. The molecule has 1 N–H and O–H groups in total. The summed E-state index contributed by atoms with van der Waals surface area (Å²) < 4.78 is 6.65. The molecule has 2 nitrogen and oxygen atoms in total. The van der Waals surface area contributed by atoms with Gasteiger partial charge >= 0.3 is 0 Å². The number of hydrogen-bond donors (Lipinski definition) is 1. The first kappa shape index (κ1) is 12.1. The highest BCUT2D eigenvalue weighted by Gasteiger charge is 1.68. The predicted octanol–water partition coefficient (Wildman–Crippen LogP) is 2.81. The number of H-pyrrole nitrogens is 1. The molecule has 0 fully saturated rings. The van der Waals surface area contributed by atoms with Crippen LogP contribution in [0.3, 0.4) is 0 Å². The summed E-state index contributed by atoms with van der Waals surface area (Å²) in [5.41, 5.74) is 0. The number of hydrogen-bond acceptors (Lipinski definition) is 2. The molecule has 0 bridgehead atoms. The Morgan fingerprint density at radius 2 is 2.08 bits per heavy atom. The summed E-state index contributed by atoms with van der Waals surface area (Å²) in [5, 5.41) is 0. The third kappa shape index (κ3) is 8.16. The van der Waals surface area contributed by atoms with Crippen LogP contribution in [0.5, 0.6) is 0 Å². The Morgan fingerprint density at radius 3 is 2.25 bits per heavy atom. The van der Waals surface area contributed by atoms with Gasteiger partial charge in [0.2, 0.25) is 0 Å². The van der Waals surface area contributed by atoms with Gasteiger partial charge in [0.05, 0.1) is 6.61 Å². The Labute approximate surface area is 91.5 Å². The van der Waals surface area contributed by atoms with E-state index in [0.717, 1.165) is 15.5 Å². The quantitative estimate of drug-likeness (QED) is 0.516. The molecule has 0 spiro atoms. The molecule has 0 aliphatic rings. The van der Waals surface area contributed by atoms with Gasteiger partial charge in [-0.15, -0.1) is 0 Å². The number of ether oxygens (including phenoxy) is 1. The minimum Gasteiger partial charge on any atom is -0.384 e. The fourth-order valence-electron chi connectivity index (χ4n) is 0.449. The van der Waals surface area contributed by atoms with E-state index in [2.05, 4.69) is 32.3 Å². The maximum atomic E-state index is 4.79. The molecular formula is C8H12INOS. The van der Waals surface area contributed by atoms with E-state index >= 15 is 0 Å². The summed E-state index contributed by atoms with van der Waals surface area (Å²) in [6.45, 7) is 0.876. The lowest BCUT2D eigenvalue weighted by Crippen LogP contribution is -1.84. The molecule has 0 aliphatic heterocycles. The molecule has 68 valence electrons. The maximum absolute atomic E-state index is 4.79. The Balaban J connectivity index is 0.000000217. The standard InChI is InChI=1S/C5H5NS.C3H7IO/c7-5-1-3-6-4-2-5;1-5-3-2-4/h1-4H,(H,6,7);2-3H2,1H3. The van der Waals surface area contributed by atoms with Crippen molar-refractivity contribution in [2.24, 2.45) is 0 Å². The molecule has 12 heavy (non-hydrogen) atoms. The van der Waals surface area contributed by atoms with Crippen LogP contribution >= 0.6 is 34.8 Å². The average molecular weight is 297 g/mol. The lowest BCUT2D eigenvalue weighted by Gasteiger charge is -1.83. The van der Waals surface area contributed by atoms with Crippen molar-refractivity contribution in [1.82, 2.24) is 4.98 Å². The second-order valence-corrected chi connectivity index (χ2v) is 3.47. The average Bonchev–Trinajstić information content (AvgIpc) is 2.08. The van der Waals surface area contributed by atoms with Crippen LogP contribution in [0.25, 0.3) is 0 Å². The smallest absolute Gasteiger partial charge is 0.0551 e. The number of nitrogens with one attached hydrogen (secondary N) is 1. The van der Waals surface area contributed by atoms with Crippen LogP contribution in [0.1, 0.15) is 0 Å². The highest BCUT2D eigenvalue weighted by Crippen LogP contribution is 1.82. The van der Waals surface area contributed by atoms with Gasteiger partial charge in [-0.3, -0.25) is 0 Å². The van der Waals surface area contributed by atoms with E-state index < -0.39 is 0 Å². The normalized spacial score (nSPS) is 8.50. The summed E-state index contributed by atoms with van der Waals surface area (Å²) in [6.07, 6.45) is 3.62. The van der Waals surface area contributed by atoms with Gasteiger partial charge in [0.1, 0.15) is 0 Å². The number of aromatic amines is 1. The summed E-state index contributed by atoms with van der Waals surface area (Å²) in [5.74, 6) is 0. The monoisotopic (exact) mass is 297 g/mol. The van der Waals surface area contributed by atoms with Crippen LogP contribution in [-0.2, 0) is 4.74 Å². The van der Waals surface area contributed by atoms with Crippen LogP contribution in [-0.4, -0.2) is 23.1 Å². The lowest BCUT2D eigenvalue weighted by atomic mass is 10.5. The first-order valence-electron chi connectivity index (χ1n) is 3.49. The number of pyridine rings is 1. The van der Waals surface area contributed by atoms with Gasteiger partial charge in [0.25, 0.3) is 0 Å². The SMILES string of the molecule is COCCI.S=c1cc[nH]cc1. The minimum atomic E-state index is 0.874. The van der Waals surface area contributed by atoms with Gasteiger partial charge in [-0.25, -0.2) is 0 Å². The molecule has 0 aliphatic carbocycles. The largest absolute Gasteiger partial charge is 0.384 e. The van der Waals surface area contributed by atoms with Crippen LogP contribution in [0.15, 0.2) is 24.5 Å². The van der Waals surface area contributed by atoms with E-state index in [1.165, 1.54) is 0 Å². The zero-order valence-electron chi connectivity index (χ0n) is 6.92. The van der Waals surface area contributed by atoms with Crippen molar-refractivity contribution in [3.8, 4) is 0 Å². The summed E-state index contributed by atoms with van der Waals surface area (Å²) >= 11 is 7.05. The number of methoxy groups -OCH3 is 1. The van der Waals surface area contributed by atoms with Crippen LogP contribution in [0.2, 0.25) is 0 Å². The number of alkyl halides is 1. The van der Waals surface area contributed by atoms with E-state index in [1.54, 1.807) is 7.11 Å². The second-order valence-electron chi connectivity index (χ2n) is 1.92. The second kappa shape index (κ2) is 9.15. The van der Waals surface area contributed by atoms with E-state index in [1.807, 2.05) is 24.5 Å². The molecule has 0 aromatic carbocycles. The van der Waals surface area contributed by atoms with Crippen LogP contribution in [0, 0.1) is 4.51 Å². The van der Waals surface area contributed by atoms with E-state index in [-0.39, 0.29) is 0 Å². The zero-order chi connectivity index (χ0) is 9.23. The number of rotatable bonds is 2. The van der Waals surface area contributed by atoms with Gasteiger partial charge < -0.3 is 9.72 Å². The summed E-state index contributed by atoms with van der Waals surface area (Å²) in [6, 6.07) is 3.69. The highest BCUT2D eigenvalue weighted by molar-refractivity contribution is 14.1. The Kier molecular flexibility index (Phi) is 9.20. The molecule has 0 unspecified atom stereocenters. The molecular weight excluding hydrogens is 285 g/mol. The molecule has 1 rings (SSSR count). The number of aromatic nitrogens is 1. The van der Waals surface area contributed by atoms with Crippen LogP contribution in [0.4, 0.5) is 0 Å². The topological polar surface area (TPSA) is 25.0 Å². The lowest BCUT2D eigenvalue weighted by molar-refractivity contribution is 0.220. The highest BCUT2D eigenvalue weighted by atomic mass is 127. The molecule has 0 atom stereocenters. The molecule has 0 saturated heterocycles. The number of halogens is 1. The van der Waals surface area contributed by atoms with Crippen molar-refractivity contribution >= 4 is 34.8 Å². The Morgan fingerprint density at radius 1 is 1.50 bits per heavy atom. The van der Waals surface area contributed by atoms with Crippen molar-refractivity contribution in [2.45, 2.75) is 0 Å². The molecule has 0 amide bonds. The van der Waals surface area contributed by atoms with Gasteiger partial charge in [0.15, 0.2) is 0 Å². The van der Waals surface area contributed by atoms with E-state index in [0.29, 0.717) is 0 Å². The van der Waals surface area contributed by atoms with Gasteiger partial charge in [-0.1, -0.05) is 34.8 Å². The van der Waals surface area contributed by atoms with E-state index in [4.69, 9.17) is 12.2 Å². The van der Waals surface area contributed by atoms with Crippen molar-refractivity contribution in [1.29, 1.82) is 0 Å². The summed E-state index contributed by atoms with van der Waals surface area (Å²) in [7, 11) is 1.71. The first-order valence-corrected chi connectivity index (χ1v) is 5.42. The Hall–Kier alpha value is 0.0600. The molecule has 1 aromatic heterocycles. The van der Waals surface area contributed by atoms with Crippen molar-refractivity contribution < 1.29 is 4.74 Å². The Bertz CT molecular complexity index is 219. The molecule has 0 saturated carbocycles. The fraction of sp³-hybridized carbons (Fsp3) is 0.375.